The van der Waals surface area contributed by atoms with Gasteiger partial charge in [0, 0.05) is 12.6 Å². The third-order valence-corrected chi connectivity index (χ3v) is 6.20. The summed E-state index contributed by atoms with van der Waals surface area (Å²) in [4.78, 5) is 12.8. The first-order valence-corrected chi connectivity index (χ1v) is 11.1. The van der Waals surface area contributed by atoms with Gasteiger partial charge in [-0.1, -0.05) is 51.1 Å². The van der Waals surface area contributed by atoms with Crippen molar-refractivity contribution in [2.24, 2.45) is 0 Å². The van der Waals surface area contributed by atoms with Crippen LogP contribution in [0.5, 0.6) is 0 Å². The number of carbonyl (C=O) groups excluding carboxylic acids is 1. The zero-order chi connectivity index (χ0) is 21.3. The molecule has 2 aromatic rings. The van der Waals surface area contributed by atoms with E-state index in [0.717, 1.165) is 11.8 Å². The van der Waals surface area contributed by atoms with Crippen molar-refractivity contribution in [3.05, 3.63) is 64.7 Å². The van der Waals surface area contributed by atoms with Gasteiger partial charge in [-0.15, -0.1) is 0 Å². The van der Waals surface area contributed by atoms with Gasteiger partial charge in [-0.25, -0.2) is 8.42 Å². The highest BCUT2D eigenvalue weighted by molar-refractivity contribution is 7.92. The van der Waals surface area contributed by atoms with Gasteiger partial charge in [0.2, 0.25) is 10.0 Å². The van der Waals surface area contributed by atoms with Crippen LogP contribution < -0.4 is 9.62 Å². The summed E-state index contributed by atoms with van der Waals surface area (Å²) in [5.41, 5.74) is 3.92. The Hall–Kier alpha value is -2.34. The summed E-state index contributed by atoms with van der Waals surface area (Å²) in [6, 6.07) is 13.2. The number of amides is 1. The molecule has 6 heteroatoms. The van der Waals surface area contributed by atoms with Gasteiger partial charge in [-0.05, 0) is 48.1 Å². The number of hydrogen-bond donors (Lipinski definition) is 1. The monoisotopic (exact) mass is 402 g/mol. The number of hydrogen-bond acceptors (Lipinski definition) is 3. The van der Waals surface area contributed by atoms with Crippen LogP contribution in [0.25, 0.3) is 0 Å². The second-order valence-corrected chi connectivity index (χ2v) is 10.3. The van der Waals surface area contributed by atoms with Gasteiger partial charge in [0.1, 0.15) is 0 Å². The van der Waals surface area contributed by atoms with Crippen LogP contribution in [0, 0.1) is 6.92 Å². The van der Waals surface area contributed by atoms with Crippen molar-refractivity contribution < 1.29 is 13.2 Å². The molecule has 152 valence electrons. The second kappa shape index (κ2) is 7.95. The first-order valence-electron chi connectivity index (χ1n) is 9.27. The fourth-order valence-electron chi connectivity index (χ4n) is 3.02. The number of anilines is 1. The molecule has 2 rings (SSSR count). The number of benzene rings is 2. The third kappa shape index (κ3) is 4.93. The average Bonchev–Trinajstić information content (AvgIpc) is 2.59. The Morgan fingerprint density at radius 3 is 2.14 bits per heavy atom. The average molecular weight is 403 g/mol. The van der Waals surface area contributed by atoms with E-state index < -0.39 is 10.0 Å². The normalized spacial score (nSPS) is 13.1. The molecule has 0 aliphatic rings. The Morgan fingerprint density at radius 1 is 1.07 bits per heavy atom. The molecular weight excluding hydrogens is 372 g/mol. The molecule has 0 saturated carbocycles. The number of nitrogens with zero attached hydrogens (tertiary/aromatic N) is 1. The Labute approximate surface area is 168 Å². The van der Waals surface area contributed by atoms with Gasteiger partial charge in [-0.3, -0.25) is 9.10 Å². The number of sulfonamides is 1. The van der Waals surface area contributed by atoms with E-state index in [1.165, 1.54) is 16.9 Å². The second-order valence-electron chi connectivity index (χ2n) is 8.25. The third-order valence-electron chi connectivity index (χ3n) is 5.01. The topological polar surface area (TPSA) is 66.5 Å². The minimum atomic E-state index is -3.40. The molecular formula is C22H30N2O3S. The Morgan fingerprint density at radius 2 is 1.64 bits per heavy atom. The molecule has 0 fully saturated rings. The van der Waals surface area contributed by atoms with Crippen molar-refractivity contribution >= 4 is 21.6 Å². The number of carbonyl (C=O) groups is 1. The quantitative estimate of drug-likeness (QED) is 0.816. The highest BCUT2D eigenvalue weighted by atomic mass is 32.2. The summed E-state index contributed by atoms with van der Waals surface area (Å²) in [6.45, 7) is 10.2. The summed E-state index contributed by atoms with van der Waals surface area (Å²) >= 11 is 0. The minimum absolute atomic E-state index is 0.0776. The van der Waals surface area contributed by atoms with E-state index >= 15 is 0 Å². The molecule has 5 nitrogen and oxygen atoms in total. The largest absolute Gasteiger partial charge is 0.346 e. The van der Waals surface area contributed by atoms with E-state index in [4.69, 9.17) is 0 Å². The lowest BCUT2D eigenvalue weighted by Crippen LogP contribution is -2.29. The van der Waals surface area contributed by atoms with Gasteiger partial charge < -0.3 is 5.32 Å². The van der Waals surface area contributed by atoms with Crippen LogP contribution in [0.4, 0.5) is 5.69 Å². The van der Waals surface area contributed by atoms with Crippen molar-refractivity contribution in [3.63, 3.8) is 0 Å². The van der Waals surface area contributed by atoms with Crippen LogP contribution in [0.1, 0.15) is 60.8 Å². The van der Waals surface area contributed by atoms with Gasteiger partial charge >= 0.3 is 0 Å². The van der Waals surface area contributed by atoms with Crippen LogP contribution in [0.15, 0.2) is 42.5 Å². The molecule has 0 saturated heterocycles. The zero-order valence-corrected chi connectivity index (χ0v) is 18.5. The summed E-state index contributed by atoms with van der Waals surface area (Å²) in [5, 5.41) is 3.01. The summed E-state index contributed by atoms with van der Waals surface area (Å²) in [5.74, 6) is -0.228. The molecule has 0 spiro atoms. The maximum atomic E-state index is 12.8. The van der Waals surface area contributed by atoms with E-state index in [-0.39, 0.29) is 17.4 Å². The van der Waals surface area contributed by atoms with Crippen LogP contribution in [0.2, 0.25) is 0 Å². The molecule has 1 amide bonds. The molecule has 0 aromatic heterocycles. The predicted molar refractivity (Wildman–Crippen MR) is 115 cm³/mol. The van der Waals surface area contributed by atoms with Crippen LogP contribution in [-0.2, 0) is 15.4 Å². The van der Waals surface area contributed by atoms with Crippen molar-refractivity contribution in [1.29, 1.82) is 0 Å². The fourth-order valence-corrected chi connectivity index (χ4v) is 3.57. The van der Waals surface area contributed by atoms with E-state index in [1.807, 2.05) is 19.1 Å². The minimum Gasteiger partial charge on any atom is -0.346 e. The van der Waals surface area contributed by atoms with E-state index in [1.54, 1.807) is 25.1 Å². The van der Waals surface area contributed by atoms with Crippen LogP contribution in [0.3, 0.4) is 0 Å². The first-order chi connectivity index (χ1) is 12.8. The Balaban J connectivity index is 2.23. The Bertz CT molecular complexity index is 958. The first kappa shape index (κ1) is 22.0. The summed E-state index contributed by atoms with van der Waals surface area (Å²) in [7, 11) is -1.92. The lowest BCUT2D eigenvalue weighted by atomic mass is 9.86. The number of rotatable bonds is 5. The van der Waals surface area contributed by atoms with Gasteiger partial charge in [0.15, 0.2) is 0 Å². The predicted octanol–water partition coefficient (Wildman–Crippen LogP) is 4.18. The summed E-state index contributed by atoms with van der Waals surface area (Å²) in [6.07, 6.45) is 1.14. The highest BCUT2D eigenvalue weighted by Crippen LogP contribution is 2.26. The van der Waals surface area contributed by atoms with Gasteiger partial charge in [-0.2, -0.15) is 0 Å². The molecule has 0 heterocycles. The van der Waals surface area contributed by atoms with E-state index in [0.29, 0.717) is 16.8 Å². The smallest absolute Gasteiger partial charge is 0.252 e. The van der Waals surface area contributed by atoms with Crippen molar-refractivity contribution in [2.45, 2.75) is 46.1 Å². The van der Waals surface area contributed by atoms with Crippen molar-refractivity contribution in [1.82, 2.24) is 5.32 Å². The van der Waals surface area contributed by atoms with E-state index in [9.17, 15) is 13.2 Å². The van der Waals surface area contributed by atoms with Crippen LogP contribution in [-0.4, -0.2) is 27.6 Å². The van der Waals surface area contributed by atoms with E-state index in [2.05, 4.69) is 38.2 Å². The molecule has 2 aromatic carbocycles. The maximum Gasteiger partial charge on any atom is 0.252 e. The van der Waals surface area contributed by atoms with Gasteiger partial charge in [0.05, 0.1) is 18.0 Å². The lowest BCUT2D eigenvalue weighted by Gasteiger charge is -2.22. The molecule has 0 radical (unpaired) electrons. The maximum absolute atomic E-state index is 12.8. The molecule has 28 heavy (non-hydrogen) atoms. The van der Waals surface area contributed by atoms with Gasteiger partial charge in [0.25, 0.3) is 5.91 Å². The molecule has 0 aliphatic heterocycles. The molecule has 1 N–H and O–H groups in total. The van der Waals surface area contributed by atoms with Crippen molar-refractivity contribution in [3.8, 4) is 0 Å². The highest BCUT2D eigenvalue weighted by Gasteiger charge is 2.20. The fraction of sp³-hybridized carbons (Fsp3) is 0.409. The standard InChI is InChI=1S/C22H30N2O3S/c1-15-19(9-8-10-20(15)24(6)28(7,26)27)21(25)23-16(2)17-11-13-18(14-12-17)22(3,4)5/h8-14,16H,1-7H3,(H,23,25)/t16-/m1/s1. The molecule has 0 unspecified atom stereocenters. The summed E-state index contributed by atoms with van der Waals surface area (Å²) < 4.78 is 24.9. The Kier molecular flexibility index (Phi) is 6.24. The zero-order valence-electron chi connectivity index (χ0n) is 17.7. The van der Waals surface area contributed by atoms with Crippen molar-refractivity contribution in [2.75, 3.05) is 17.6 Å². The molecule has 0 aliphatic carbocycles. The molecule has 0 bridgehead atoms. The SMILES string of the molecule is Cc1c(C(=O)N[C@H](C)c2ccc(C(C)(C)C)cc2)cccc1N(C)S(C)(=O)=O. The number of nitrogens with one attached hydrogen (secondary N) is 1. The van der Waals surface area contributed by atoms with Crippen LogP contribution >= 0.6 is 0 Å². The lowest BCUT2D eigenvalue weighted by molar-refractivity contribution is 0.0939. The molecule has 1 atom stereocenters.